The summed E-state index contributed by atoms with van der Waals surface area (Å²) in [5.74, 6) is 2.96. The second kappa shape index (κ2) is 7.05. The number of aromatic nitrogens is 3. The van der Waals surface area contributed by atoms with E-state index in [0.717, 1.165) is 41.4 Å². The Bertz CT molecular complexity index is 611. The van der Waals surface area contributed by atoms with E-state index < -0.39 is 0 Å². The zero-order valence-electron chi connectivity index (χ0n) is 13.2. The number of hydrogen-bond acceptors (Lipinski definition) is 5. The highest BCUT2D eigenvalue weighted by Crippen LogP contribution is 2.32. The highest BCUT2D eigenvalue weighted by molar-refractivity contribution is 7.99. The Morgan fingerprint density at radius 2 is 1.95 bits per heavy atom. The van der Waals surface area contributed by atoms with E-state index in [2.05, 4.69) is 38.7 Å². The number of unbranched alkanes of at least 4 members (excludes halogenated alkanes) is 1. The van der Waals surface area contributed by atoms with Gasteiger partial charge in [0, 0.05) is 24.5 Å². The van der Waals surface area contributed by atoms with Crippen molar-refractivity contribution in [3.05, 3.63) is 24.3 Å². The molecule has 0 unspecified atom stereocenters. The molecule has 0 aliphatic carbocycles. The maximum Gasteiger partial charge on any atom is 0.232 e. The van der Waals surface area contributed by atoms with Crippen LogP contribution in [-0.2, 0) is 6.54 Å². The molecular formula is C16H22N4OS. The Kier molecular flexibility index (Phi) is 4.87. The van der Waals surface area contributed by atoms with Gasteiger partial charge in [0.1, 0.15) is 5.75 Å². The summed E-state index contributed by atoms with van der Waals surface area (Å²) >= 11 is 1.81. The van der Waals surface area contributed by atoms with Crippen LogP contribution in [0.1, 0.15) is 26.7 Å². The third-order valence-electron chi connectivity index (χ3n) is 3.67. The molecule has 0 atom stereocenters. The fraction of sp³-hybridized carbons (Fsp3) is 0.500. The molecule has 3 rings (SSSR count). The summed E-state index contributed by atoms with van der Waals surface area (Å²) < 4.78 is 7.72. The van der Waals surface area contributed by atoms with Crippen molar-refractivity contribution in [3.63, 3.8) is 0 Å². The molecule has 1 aromatic heterocycles. The highest BCUT2D eigenvalue weighted by atomic mass is 32.2. The third-order valence-corrected chi connectivity index (χ3v) is 4.73. The molecule has 0 N–H and O–H groups in total. The van der Waals surface area contributed by atoms with Crippen molar-refractivity contribution in [3.8, 4) is 5.75 Å². The third kappa shape index (κ3) is 3.06. The topological polar surface area (TPSA) is 43.2 Å². The van der Waals surface area contributed by atoms with Gasteiger partial charge >= 0.3 is 0 Å². The van der Waals surface area contributed by atoms with Gasteiger partial charge in [0.25, 0.3) is 0 Å². The monoisotopic (exact) mass is 318 g/mol. The van der Waals surface area contributed by atoms with Gasteiger partial charge in [0.2, 0.25) is 5.95 Å². The predicted molar refractivity (Wildman–Crippen MR) is 90.3 cm³/mol. The molecule has 1 aliphatic rings. The fourth-order valence-electron chi connectivity index (χ4n) is 2.52. The van der Waals surface area contributed by atoms with E-state index in [4.69, 9.17) is 4.74 Å². The number of benzene rings is 1. The first-order valence-corrected chi connectivity index (χ1v) is 8.88. The second-order valence-corrected chi connectivity index (χ2v) is 6.28. The summed E-state index contributed by atoms with van der Waals surface area (Å²) in [5, 5.41) is 9.76. The first kappa shape index (κ1) is 15.2. The normalized spacial score (nSPS) is 13.5. The van der Waals surface area contributed by atoms with Crippen LogP contribution in [-0.4, -0.2) is 33.7 Å². The van der Waals surface area contributed by atoms with Crippen LogP contribution in [0.3, 0.4) is 0 Å². The number of ether oxygens (including phenoxy) is 1. The van der Waals surface area contributed by atoms with Gasteiger partial charge in [-0.3, -0.25) is 4.57 Å². The van der Waals surface area contributed by atoms with Crippen molar-refractivity contribution in [1.82, 2.24) is 14.8 Å². The molecule has 0 amide bonds. The zero-order valence-corrected chi connectivity index (χ0v) is 14.0. The minimum Gasteiger partial charge on any atom is -0.494 e. The largest absolute Gasteiger partial charge is 0.494 e. The summed E-state index contributed by atoms with van der Waals surface area (Å²) in [6, 6.07) is 8.18. The Morgan fingerprint density at radius 1 is 1.14 bits per heavy atom. The minimum atomic E-state index is 0.690. The lowest BCUT2D eigenvalue weighted by atomic mass is 10.3. The molecular weight excluding hydrogens is 296 g/mol. The molecule has 0 saturated carbocycles. The summed E-state index contributed by atoms with van der Waals surface area (Å²) in [7, 11) is 0. The van der Waals surface area contributed by atoms with Crippen molar-refractivity contribution >= 4 is 23.4 Å². The molecule has 118 valence electrons. The average Bonchev–Trinajstić information content (AvgIpc) is 3.12. The molecule has 6 heteroatoms. The van der Waals surface area contributed by atoms with Crippen molar-refractivity contribution in [2.24, 2.45) is 0 Å². The van der Waals surface area contributed by atoms with Gasteiger partial charge in [-0.2, -0.15) is 0 Å². The van der Waals surface area contributed by atoms with Crippen LogP contribution >= 0.6 is 11.8 Å². The molecule has 0 fully saturated rings. The molecule has 1 aromatic carbocycles. The molecule has 0 spiro atoms. The van der Waals surface area contributed by atoms with Crippen molar-refractivity contribution in [1.29, 1.82) is 0 Å². The Hall–Kier alpha value is -1.69. The highest BCUT2D eigenvalue weighted by Gasteiger charge is 2.25. The molecule has 22 heavy (non-hydrogen) atoms. The summed E-state index contributed by atoms with van der Waals surface area (Å²) in [6.45, 7) is 6.79. The quantitative estimate of drug-likeness (QED) is 0.575. The van der Waals surface area contributed by atoms with E-state index in [1.165, 1.54) is 12.8 Å². The van der Waals surface area contributed by atoms with Gasteiger partial charge in [0.15, 0.2) is 5.16 Å². The number of nitrogens with zero attached hydrogens (tertiary/aromatic N) is 4. The predicted octanol–water partition coefficient (Wildman–Crippen LogP) is 3.72. The van der Waals surface area contributed by atoms with Crippen LogP contribution in [0.4, 0.5) is 11.6 Å². The number of rotatable bonds is 7. The van der Waals surface area contributed by atoms with E-state index in [9.17, 15) is 0 Å². The van der Waals surface area contributed by atoms with Crippen LogP contribution in [0.5, 0.6) is 5.75 Å². The van der Waals surface area contributed by atoms with E-state index in [1.807, 2.05) is 19.1 Å². The summed E-state index contributed by atoms with van der Waals surface area (Å²) in [5.41, 5.74) is 1.14. The van der Waals surface area contributed by atoms with Crippen LogP contribution in [0.25, 0.3) is 0 Å². The first-order chi connectivity index (χ1) is 10.8. The number of thioether (sulfide) groups is 1. The van der Waals surface area contributed by atoms with E-state index in [-0.39, 0.29) is 0 Å². The smallest absolute Gasteiger partial charge is 0.232 e. The molecule has 0 radical (unpaired) electrons. The fourth-order valence-corrected chi connectivity index (χ4v) is 3.57. The molecule has 5 nitrogen and oxygen atoms in total. The minimum absolute atomic E-state index is 0.690. The van der Waals surface area contributed by atoms with Crippen molar-refractivity contribution in [2.45, 2.75) is 38.4 Å². The molecule has 2 heterocycles. The Morgan fingerprint density at radius 3 is 2.68 bits per heavy atom. The van der Waals surface area contributed by atoms with Gasteiger partial charge in [-0.25, -0.2) is 0 Å². The van der Waals surface area contributed by atoms with Gasteiger partial charge in [-0.1, -0.05) is 25.1 Å². The molecule has 2 aromatic rings. The van der Waals surface area contributed by atoms with Gasteiger partial charge in [0.05, 0.1) is 6.61 Å². The maximum atomic E-state index is 5.50. The van der Waals surface area contributed by atoms with E-state index >= 15 is 0 Å². The Balaban J connectivity index is 1.73. The standard InChI is InChI=1S/C16H22N4OS/c1-3-5-12-22-16-18-17-15-19(10-11-20(15)16)13-6-8-14(9-7-13)21-4-2/h6-9H,3-5,10-12H2,1-2H3. The Labute approximate surface area is 135 Å². The lowest BCUT2D eigenvalue weighted by Gasteiger charge is -2.15. The van der Waals surface area contributed by atoms with Crippen LogP contribution in [0.2, 0.25) is 0 Å². The summed E-state index contributed by atoms with van der Waals surface area (Å²) in [6.07, 6.45) is 2.43. The zero-order chi connectivity index (χ0) is 15.4. The number of fused-ring (bicyclic) bond motifs is 1. The van der Waals surface area contributed by atoms with Gasteiger partial charge in [-0.05, 0) is 37.6 Å². The number of anilines is 2. The first-order valence-electron chi connectivity index (χ1n) is 7.90. The second-order valence-electron chi connectivity index (χ2n) is 5.21. The lowest BCUT2D eigenvalue weighted by molar-refractivity contribution is 0.340. The van der Waals surface area contributed by atoms with Crippen molar-refractivity contribution in [2.75, 3.05) is 23.8 Å². The lowest BCUT2D eigenvalue weighted by Crippen LogP contribution is -2.14. The van der Waals surface area contributed by atoms with Crippen molar-refractivity contribution < 1.29 is 4.74 Å². The SMILES string of the molecule is CCCCSc1nnc2n1CCN2c1ccc(OCC)cc1. The van der Waals surface area contributed by atoms with E-state index in [0.29, 0.717) is 6.61 Å². The van der Waals surface area contributed by atoms with Gasteiger partial charge < -0.3 is 9.64 Å². The molecule has 0 bridgehead atoms. The summed E-state index contributed by atoms with van der Waals surface area (Å²) in [4.78, 5) is 2.21. The van der Waals surface area contributed by atoms with E-state index in [1.54, 1.807) is 11.8 Å². The molecule has 0 saturated heterocycles. The number of hydrogen-bond donors (Lipinski definition) is 0. The maximum absolute atomic E-state index is 5.50. The van der Waals surface area contributed by atoms with Crippen LogP contribution < -0.4 is 9.64 Å². The van der Waals surface area contributed by atoms with Crippen LogP contribution in [0.15, 0.2) is 29.4 Å². The average molecular weight is 318 g/mol. The van der Waals surface area contributed by atoms with Crippen LogP contribution in [0, 0.1) is 0 Å². The van der Waals surface area contributed by atoms with Gasteiger partial charge in [-0.15, -0.1) is 10.2 Å². The molecule has 1 aliphatic heterocycles.